The quantitative estimate of drug-likeness (QED) is 0.404. The Balaban J connectivity index is 1.63. The Morgan fingerprint density at radius 1 is 0.906 bits per heavy atom. The number of nitrogens with two attached hydrogens (primary N) is 1. The van der Waals surface area contributed by atoms with Crippen LogP contribution in [0.4, 0.5) is 0 Å². The van der Waals surface area contributed by atoms with E-state index in [1.807, 2.05) is 72.8 Å². The molecule has 157 valence electrons. The summed E-state index contributed by atoms with van der Waals surface area (Å²) >= 11 is 0. The summed E-state index contributed by atoms with van der Waals surface area (Å²) in [4.78, 5) is 12.1. The van der Waals surface area contributed by atoms with Gasteiger partial charge in [0.2, 0.25) is 5.91 Å². The van der Waals surface area contributed by atoms with Crippen molar-refractivity contribution in [3.05, 3.63) is 108 Å². The van der Waals surface area contributed by atoms with Gasteiger partial charge in [-0.15, -0.1) is 0 Å². The molecule has 5 rings (SSSR count). The molecule has 0 spiro atoms. The van der Waals surface area contributed by atoms with Gasteiger partial charge in [-0.2, -0.15) is 0 Å². The number of ether oxygens (including phenoxy) is 1. The van der Waals surface area contributed by atoms with E-state index in [0.717, 1.165) is 44.4 Å². The zero-order valence-electron chi connectivity index (χ0n) is 17.3. The number of hydrogen-bond donors (Lipinski definition) is 2. The largest absolute Gasteiger partial charge is 0.457 e. The molecule has 1 radical (unpaired) electrons. The number of fused-ring (bicyclic) bond motifs is 3. The fourth-order valence-corrected chi connectivity index (χ4v) is 4.08. The van der Waals surface area contributed by atoms with Gasteiger partial charge in [-0.05, 0) is 65.7 Å². The van der Waals surface area contributed by atoms with E-state index in [1.54, 1.807) is 12.1 Å². The molecule has 3 N–H and O–H groups in total. The maximum absolute atomic E-state index is 12.1. The summed E-state index contributed by atoms with van der Waals surface area (Å²) in [6, 6.07) is 30.0. The van der Waals surface area contributed by atoms with Crippen LogP contribution in [-0.2, 0) is 13.2 Å². The Bertz CT molecular complexity index is 1440. The number of aromatic nitrogens is 1. The number of carbonyl (C=O) groups is 1. The third-order valence-corrected chi connectivity index (χ3v) is 5.52. The van der Waals surface area contributed by atoms with Crippen molar-refractivity contribution in [2.24, 2.45) is 5.73 Å². The zero-order valence-corrected chi connectivity index (χ0v) is 17.3. The van der Waals surface area contributed by atoms with Gasteiger partial charge in [0.1, 0.15) is 11.5 Å². The molecule has 0 unspecified atom stereocenters. The van der Waals surface area contributed by atoms with Crippen molar-refractivity contribution in [1.82, 2.24) is 4.57 Å². The molecule has 4 aromatic carbocycles. The Kier molecular flexibility index (Phi) is 5.09. The molecule has 0 aliphatic carbocycles. The lowest BCUT2D eigenvalue weighted by Crippen LogP contribution is -2.11. The van der Waals surface area contributed by atoms with E-state index in [-0.39, 0.29) is 6.61 Å². The van der Waals surface area contributed by atoms with Gasteiger partial charge >= 0.3 is 0 Å². The van der Waals surface area contributed by atoms with Crippen molar-refractivity contribution in [3.63, 3.8) is 0 Å². The van der Waals surface area contributed by atoms with E-state index in [9.17, 15) is 9.90 Å². The van der Waals surface area contributed by atoms with E-state index in [4.69, 9.17) is 10.5 Å². The minimum absolute atomic E-state index is 0.0863. The number of hydrogen-bond acceptors (Lipinski definition) is 3. The summed E-state index contributed by atoms with van der Waals surface area (Å²) in [6.45, 7) is 0.466. The monoisotopic (exact) mass is 421 g/mol. The van der Waals surface area contributed by atoms with E-state index in [0.29, 0.717) is 12.1 Å². The fourth-order valence-electron chi connectivity index (χ4n) is 4.08. The van der Waals surface area contributed by atoms with Gasteiger partial charge in [0.15, 0.2) is 0 Å². The van der Waals surface area contributed by atoms with Gasteiger partial charge in [-0.25, -0.2) is 0 Å². The molecule has 5 heteroatoms. The second-order valence-electron chi connectivity index (χ2n) is 7.64. The molecule has 5 aromatic rings. The molecular formula is C27H21N2O3. The van der Waals surface area contributed by atoms with E-state index < -0.39 is 5.91 Å². The molecule has 32 heavy (non-hydrogen) atoms. The number of benzene rings is 4. The first-order valence-corrected chi connectivity index (χ1v) is 10.3. The molecule has 1 heterocycles. The minimum Gasteiger partial charge on any atom is -0.457 e. The average Bonchev–Trinajstić information content (AvgIpc) is 3.13. The lowest BCUT2D eigenvalue weighted by atomic mass is 10.0. The standard InChI is InChI=1S/C27H21N2O3/c28-27(31)23-10-5-11-24-26(23)22-13-12-19(17-30)15-25(22)29(24)16-18-6-4-9-21(14-18)32-20-7-2-1-3-8-20/h1-12,14-15,30H,16-17H2,(H2,28,31). The van der Waals surface area contributed by atoms with Crippen molar-refractivity contribution in [3.8, 4) is 11.5 Å². The van der Waals surface area contributed by atoms with Crippen LogP contribution in [-0.4, -0.2) is 15.6 Å². The molecule has 0 saturated carbocycles. The predicted octanol–water partition coefficient (Wildman–Crippen LogP) is 5.03. The van der Waals surface area contributed by atoms with Crippen LogP contribution in [0, 0.1) is 6.07 Å². The molecule has 0 fully saturated rings. The Hall–Kier alpha value is -4.09. The third kappa shape index (κ3) is 3.59. The van der Waals surface area contributed by atoms with Crippen LogP contribution < -0.4 is 10.5 Å². The first-order valence-electron chi connectivity index (χ1n) is 10.3. The molecule has 1 aromatic heterocycles. The zero-order chi connectivity index (χ0) is 22.1. The molecule has 0 aliphatic heterocycles. The van der Waals surface area contributed by atoms with Crippen molar-refractivity contribution in [2.75, 3.05) is 0 Å². The summed E-state index contributed by atoms with van der Waals surface area (Å²) in [7, 11) is 0. The maximum Gasteiger partial charge on any atom is 0.249 e. The number of nitrogens with zero attached hydrogens (tertiary/aromatic N) is 1. The Morgan fingerprint density at radius 3 is 2.47 bits per heavy atom. The lowest BCUT2D eigenvalue weighted by molar-refractivity contribution is 0.100. The highest BCUT2D eigenvalue weighted by atomic mass is 16.5. The molecular weight excluding hydrogens is 400 g/mol. The van der Waals surface area contributed by atoms with Crippen LogP contribution >= 0.6 is 0 Å². The van der Waals surface area contributed by atoms with Crippen LogP contribution in [0.5, 0.6) is 11.5 Å². The summed E-state index contributed by atoms with van der Waals surface area (Å²) in [5.41, 5.74) is 9.68. The SMILES string of the molecule is NC(=O)c1cccc2c1c1[c]cc(CO)cc1n2Cc1cccc(Oc2ccccc2)c1. The summed E-state index contributed by atoms with van der Waals surface area (Å²) < 4.78 is 8.11. The Labute approximate surface area is 185 Å². The van der Waals surface area contributed by atoms with Gasteiger partial charge in [0.05, 0.1) is 17.6 Å². The third-order valence-electron chi connectivity index (χ3n) is 5.52. The number of amides is 1. The van der Waals surface area contributed by atoms with Crippen molar-refractivity contribution in [1.29, 1.82) is 0 Å². The average molecular weight is 421 g/mol. The topological polar surface area (TPSA) is 77.5 Å². The Morgan fingerprint density at radius 2 is 1.69 bits per heavy atom. The van der Waals surface area contributed by atoms with E-state index >= 15 is 0 Å². The number of para-hydroxylation sites is 1. The van der Waals surface area contributed by atoms with Gasteiger partial charge in [0, 0.05) is 22.9 Å². The molecule has 0 bridgehead atoms. The van der Waals surface area contributed by atoms with Crippen LogP contribution in [0.3, 0.4) is 0 Å². The van der Waals surface area contributed by atoms with Crippen LogP contribution in [0.15, 0.2) is 84.9 Å². The second-order valence-corrected chi connectivity index (χ2v) is 7.64. The summed E-state index contributed by atoms with van der Waals surface area (Å²) in [5.74, 6) is 1.04. The number of primary amides is 1. The fraction of sp³-hybridized carbons (Fsp3) is 0.0741. The molecule has 0 aliphatic rings. The minimum atomic E-state index is -0.479. The van der Waals surface area contributed by atoms with Crippen LogP contribution in [0.25, 0.3) is 21.8 Å². The molecule has 5 nitrogen and oxygen atoms in total. The number of carbonyl (C=O) groups excluding carboxylic acids is 1. The highest BCUT2D eigenvalue weighted by Gasteiger charge is 2.17. The first kappa shape index (κ1) is 19.8. The molecule has 1 amide bonds. The van der Waals surface area contributed by atoms with Gasteiger partial charge in [-0.3, -0.25) is 4.79 Å². The highest BCUT2D eigenvalue weighted by molar-refractivity contribution is 6.17. The van der Waals surface area contributed by atoms with Crippen molar-refractivity contribution in [2.45, 2.75) is 13.2 Å². The smallest absolute Gasteiger partial charge is 0.249 e. The normalized spacial score (nSPS) is 11.2. The summed E-state index contributed by atoms with van der Waals surface area (Å²) in [6.07, 6.45) is 0. The first-order chi connectivity index (χ1) is 15.6. The van der Waals surface area contributed by atoms with Crippen LogP contribution in [0.1, 0.15) is 21.5 Å². The van der Waals surface area contributed by atoms with Gasteiger partial charge in [0.25, 0.3) is 0 Å². The maximum atomic E-state index is 12.1. The van der Waals surface area contributed by atoms with Crippen molar-refractivity contribution < 1.29 is 14.6 Å². The van der Waals surface area contributed by atoms with E-state index in [2.05, 4.69) is 10.6 Å². The second kappa shape index (κ2) is 8.21. The highest BCUT2D eigenvalue weighted by Crippen LogP contribution is 2.33. The van der Waals surface area contributed by atoms with Gasteiger partial charge < -0.3 is 20.1 Å². The summed E-state index contributed by atoms with van der Waals surface area (Å²) in [5, 5.41) is 11.2. The predicted molar refractivity (Wildman–Crippen MR) is 125 cm³/mol. The molecule has 0 saturated heterocycles. The van der Waals surface area contributed by atoms with E-state index in [1.165, 1.54) is 0 Å². The number of aliphatic hydroxyl groups is 1. The molecule has 0 atom stereocenters. The van der Waals surface area contributed by atoms with Crippen molar-refractivity contribution >= 4 is 27.7 Å². The number of aliphatic hydroxyl groups excluding tert-OH is 1. The lowest BCUT2D eigenvalue weighted by Gasteiger charge is -2.11. The van der Waals surface area contributed by atoms with Gasteiger partial charge in [-0.1, -0.05) is 36.4 Å². The number of rotatable bonds is 6. The van der Waals surface area contributed by atoms with Crippen LogP contribution in [0.2, 0.25) is 0 Å².